The summed E-state index contributed by atoms with van der Waals surface area (Å²) < 4.78 is 5.62. The van der Waals surface area contributed by atoms with Crippen LogP contribution in [0.1, 0.15) is 112 Å². The number of hydrogen-bond acceptors (Lipinski definition) is 2. The van der Waals surface area contributed by atoms with Crippen molar-refractivity contribution in [2.75, 3.05) is 0 Å². The topological polar surface area (TPSA) is 26.3 Å². The highest BCUT2D eigenvalue weighted by atomic mass is 16.5. The minimum absolute atomic E-state index is 0.115. The lowest BCUT2D eigenvalue weighted by Crippen LogP contribution is -2.51. The van der Waals surface area contributed by atoms with E-state index in [0.717, 1.165) is 48.3 Å². The zero-order valence-corrected chi connectivity index (χ0v) is 21.2. The number of fused-ring (bicyclic) bond motifs is 5. The predicted molar refractivity (Wildman–Crippen MR) is 129 cm³/mol. The van der Waals surface area contributed by atoms with E-state index in [2.05, 4.69) is 40.7 Å². The molecule has 2 heteroatoms. The van der Waals surface area contributed by atoms with Gasteiger partial charge in [0, 0.05) is 13.3 Å². The first-order chi connectivity index (χ1) is 14.7. The molecule has 3 fully saturated rings. The number of rotatable bonds is 6. The average molecular weight is 429 g/mol. The molecule has 4 aliphatic rings. The highest BCUT2D eigenvalue weighted by molar-refractivity contribution is 5.66. The Morgan fingerprint density at radius 1 is 1.10 bits per heavy atom. The molecule has 3 saturated carbocycles. The van der Waals surface area contributed by atoms with Crippen molar-refractivity contribution in [2.45, 2.75) is 118 Å². The van der Waals surface area contributed by atoms with Crippen LogP contribution in [0.25, 0.3) is 0 Å². The summed E-state index contributed by atoms with van der Waals surface area (Å²) in [6, 6.07) is 0. The Kier molecular flexibility index (Phi) is 6.68. The first-order valence-corrected chi connectivity index (χ1v) is 13.6. The molecule has 4 aliphatic carbocycles. The highest BCUT2D eigenvalue weighted by Gasteiger charge is 2.59. The Hall–Kier alpha value is -0.790. The van der Waals surface area contributed by atoms with Crippen LogP contribution in [0.15, 0.2) is 11.6 Å². The Morgan fingerprint density at radius 3 is 2.58 bits per heavy atom. The van der Waals surface area contributed by atoms with Gasteiger partial charge < -0.3 is 4.74 Å². The van der Waals surface area contributed by atoms with Crippen LogP contribution in [0.2, 0.25) is 0 Å². The second-order valence-corrected chi connectivity index (χ2v) is 12.5. The molecule has 0 unspecified atom stereocenters. The highest BCUT2D eigenvalue weighted by Crippen LogP contribution is 2.67. The molecule has 0 aliphatic heterocycles. The lowest BCUT2D eigenvalue weighted by Gasteiger charge is -2.58. The number of esters is 1. The maximum Gasteiger partial charge on any atom is 0.302 e. The van der Waals surface area contributed by atoms with E-state index in [0.29, 0.717) is 10.8 Å². The van der Waals surface area contributed by atoms with Gasteiger partial charge in [-0.15, -0.1) is 0 Å². The lowest BCUT2D eigenvalue weighted by molar-refractivity contribution is -0.148. The molecule has 0 aromatic rings. The van der Waals surface area contributed by atoms with E-state index >= 15 is 0 Å². The van der Waals surface area contributed by atoms with E-state index in [1.165, 1.54) is 57.8 Å². The van der Waals surface area contributed by atoms with Crippen molar-refractivity contribution in [3.8, 4) is 0 Å². The molecule has 0 amide bonds. The zero-order chi connectivity index (χ0) is 22.4. The molecule has 0 radical (unpaired) electrons. The zero-order valence-electron chi connectivity index (χ0n) is 21.2. The molecule has 0 aromatic heterocycles. The van der Waals surface area contributed by atoms with Crippen LogP contribution < -0.4 is 0 Å². The van der Waals surface area contributed by atoms with Crippen molar-refractivity contribution in [2.24, 2.45) is 46.3 Å². The van der Waals surface area contributed by atoms with E-state index in [9.17, 15) is 4.79 Å². The van der Waals surface area contributed by atoms with Gasteiger partial charge in [0.05, 0.1) is 0 Å². The van der Waals surface area contributed by atoms with Gasteiger partial charge in [-0.25, -0.2) is 0 Å². The SMILES string of the molecule is CC[C@H](C)CC[C@@H](C)[C@@H]1CC[C@H]2[C@@H]3CC=C4C[C@@H](OC(C)=O)CC[C@]4(C)[C@@H]3CC[C@]21C. The Bertz CT molecular complexity index is 695. The standard InChI is InChI=1S/C29H48O2/c1-7-19(2)8-9-20(3)25-12-13-26-24-11-10-22-18-23(31-21(4)30)14-16-28(22,5)27(24)15-17-29(25,26)6/h10,19-20,23-27H,7-9,11-18H2,1-6H3/t19-,20+,23-,24-,25-,26-,27+,28-,29-/m0/s1. The molecular formula is C29H48O2. The van der Waals surface area contributed by atoms with Crippen LogP contribution in [0, 0.1) is 46.3 Å². The van der Waals surface area contributed by atoms with E-state index in [1.54, 1.807) is 12.5 Å². The van der Waals surface area contributed by atoms with Crippen LogP contribution >= 0.6 is 0 Å². The summed E-state index contributed by atoms with van der Waals surface area (Å²) >= 11 is 0. The largest absolute Gasteiger partial charge is 0.462 e. The minimum atomic E-state index is -0.115. The van der Waals surface area contributed by atoms with Gasteiger partial charge in [-0.2, -0.15) is 0 Å². The predicted octanol–water partition coefficient (Wildman–Crippen LogP) is 7.96. The van der Waals surface area contributed by atoms with Crippen molar-refractivity contribution in [1.29, 1.82) is 0 Å². The summed E-state index contributed by atoms with van der Waals surface area (Å²) in [6.45, 7) is 14.1. The van der Waals surface area contributed by atoms with E-state index < -0.39 is 0 Å². The fourth-order valence-corrected chi connectivity index (χ4v) is 8.89. The molecule has 4 rings (SSSR count). The van der Waals surface area contributed by atoms with Gasteiger partial charge in [0.1, 0.15) is 6.10 Å². The van der Waals surface area contributed by atoms with E-state index in [4.69, 9.17) is 4.74 Å². The van der Waals surface area contributed by atoms with Crippen molar-refractivity contribution >= 4 is 5.97 Å². The molecule has 0 aromatic carbocycles. The minimum Gasteiger partial charge on any atom is -0.462 e. The van der Waals surface area contributed by atoms with E-state index in [-0.39, 0.29) is 12.1 Å². The molecule has 9 atom stereocenters. The van der Waals surface area contributed by atoms with E-state index in [1.807, 2.05) is 0 Å². The summed E-state index contributed by atoms with van der Waals surface area (Å²) in [6.07, 6.45) is 17.2. The molecular weight excluding hydrogens is 380 g/mol. The summed E-state index contributed by atoms with van der Waals surface area (Å²) in [5, 5.41) is 0. The van der Waals surface area contributed by atoms with Gasteiger partial charge in [-0.3, -0.25) is 4.79 Å². The maximum atomic E-state index is 11.5. The average Bonchev–Trinajstić information content (AvgIpc) is 3.09. The smallest absolute Gasteiger partial charge is 0.302 e. The fourth-order valence-electron chi connectivity index (χ4n) is 8.89. The normalized spacial score (nSPS) is 43.8. The first-order valence-electron chi connectivity index (χ1n) is 13.6. The van der Waals surface area contributed by atoms with Gasteiger partial charge >= 0.3 is 5.97 Å². The number of carbonyl (C=O) groups excluding carboxylic acids is 1. The number of ether oxygens (including phenoxy) is 1. The Morgan fingerprint density at radius 2 is 1.87 bits per heavy atom. The van der Waals surface area contributed by atoms with Crippen molar-refractivity contribution in [3.05, 3.63) is 11.6 Å². The second-order valence-electron chi connectivity index (χ2n) is 12.5. The molecule has 2 nitrogen and oxygen atoms in total. The second kappa shape index (κ2) is 8.86. The van der Waals surface area contributed by atoms with Crippen molar-refractivity contribution in [3.63, 3.8) is 0 Å². The molecule has 0 spiro atoms. The quantitative estimate of drug-likeness (QED) is 0.317. The summed E-state index contributed by atoms with van der Waals surface area (Å²) in [5.74, 6) is 5.22. The van der Waals surface area contributed by atoms with Gasteiger partial charge in [0.15, 0.2) is 0 Å². The lowest BCUT2D eigenvalue weighted by atomic mass is 9.47. The molecule has 176 valence electrons. The summed E-state index contributed by atoms with van der Waals surface area (Å²) in [5.41, 5.74) is 2.53. The molecule has 0 bridgehead atoms. The third kappa shape index (κ3) is 4.15. The van der Waals surface area contributed by atoms with Gasteiger partial charge in [-0.05, 0) is 91.3 Å². The monoisotopic (exact) mass is 428 g/mol. The molecule has 31 heavy (non-hydrogen) atoms. The molecule has 0 saturated heterocycles. The van der Waals surface area contributed by atoms with Gasteiger partial charge in [-0.1, -0.05) is 65.5 Å². The maximum absolute atomic E-state index is 11.5. The number of allylic oxidation sites excluding steroid dienone is 1. The Labute approximate surface area is 192 Å². The summed E-state index contributed by atoms with van der Waals surface area (Å²) in [4.78, 5) is 11.5. The number of carbonyl (C=O) groups is 1. The Balaban J connectivity index is 1.48. The van der Waals surface area contributed by atoms with Crippen LogP contribution in [0.3, 0.4) is 0 Å². The fraction of sp³-hybridized carbons (Fsp3) is 0.897. The molecule has 0 N–H and O–H groups in total. The van der Waals surface area contributed by atoms with Crippen LogP contribution in [-0.2, 0) is 9.53 Å². The number of hydrogen-bond donors (Lipinski definition) is 0. The van der Waals surface area contributed by atoms with Gasteiger partial charge in [0.2, 0.25) is 0 Å². The third-order valence-corrected chi connectivity index (χ3v) is 11.0. The summed E-state index contributed by atoms with van der Waals surface area (Å²) in [7, 11) is 0. The van der Waals surface area contributed by atoms with Crippen LogP contribution in [0.4, 0.5) is 0 Å². The van der Waals surface area contributed by atoms with Gasteiger partial charge in [0.25, 0.3) is 0 Å². The molecule has 0 heterocycles. The van der Waals surface area contributed by atoms with Crippen molar-refractivity contribution < 1.29 is 9.53 Å². The van der Waals surface area contributed by atoms with Crippen LogP contribution in [-0.4, -0.2) is 12.1 Å². The first kappa shape index (κ1) is 23.4. The van der Waals surface area contributed by atoms with Crippen molar-refractivity contribution in [1.82, 2.24) is 0 Å². The third-order valence-electron chi connectivity index (χ3n) is 11.0. The van der Waals surface area contributed by atoms with Crippen LogP contribution in [0.5, 0.6) is 0 Å².